The van der Waals surface area contributed by atoms with Crippen molar-refractivity contribution in [1.82, 2.24) is 15.5 Å². The SMILES string of the molecule is O=C(N[C@H]1C[C@H]2C(=O)N[C@@H](CO)C(=O)N2C1)c1ccc(-c2ccccc2)cc1. The van der Waals surface area contributed by atoms with Crippen LogP contribution < -0.4 is 10.6 Å². The third-order valence-electron chi connectivity index (χ3n) is 5.27. The minimum atomic E-state index is -0.899. The predicted molar refractivity (Wildman–Crippen MR) is 102 cm³/mol. The number of hydrogen-bond donors (Lipinski definition) is 3. The quantitative estimate of drug-likeness (QED) is 0.722. The minimum Gasteiger partial charge on any atom is -0.394 e. The molecule has 0 saturated carbocycles. The van der Waals surface area contributed by atoms with Crippen molar-refractivity contribution in [2.75, 3.05) is 13.2 Å². The van der Waals surface area contributed by atoms with Gasteiger partial charge in [-0.1, -0.05) is 42.5 Å². The Hall–Kier alpha value is -3.19. The average molecular weight is 379 g/mol. The zero-order chi connectivity index (χ0) is 19.7. The molecule has 7 nitrogen and oxygen atoms in total. The number of fused-ring (bicyclic) bond motifs is 1. The fraction of sp³-hybridized carbons (Fsp3) is 0.286. The lowest BCUT2D eigenvalue weighted by atomic mass is 10.0. The number of benzene rings is 2. The monoisotopic (exact) mass is 379 g/mol. The van der Waals surface area contributed by atoms with E-state index < -0.39 is 18.7 Å². The van der Waals surface area contributed by atoms with Gasteiger partial charge in [-0.15, -0.1) is 0 Å². The fourth-order valence-corrected chi connectivity index (χ4v) is 3.80. The van der Waals surface area contributed by atoms with Gasteiger partial charge in [0.05, 0.1) is 6.61 Å². The highest BCUT2D eigenvalue weighted by molar-refractivity contribution is 5.98. The molecule has 0 aromatic heterocycles. The number of carbonyl (C=O) groups is 3. The summed E-state index contributed by atoms with van der Waals surface area (Å²) in [5, 5.41) is 14.7. The van der Waals surface area contributed by atoms with Gasteiger partial charge in [0.15, 0.2) is 0 Å². The maximum atomic E-state index is 12.6. The summed E-state index contributed by atoms with van der Waals surface area (Å²) >= 11 is 0. The van der Waals surface area contributed by atoms with E-state index in [0.717, 1.165) is 11.1 Å². The molecule has 2 aromatic carbocycles. The Morgan fingerprint density at radius 3 is 2.43 bits per heavy atom. The van der Waals surface area contributed by atoms with Gasteiger partial charge in [-0.2, -0.15) is 0 Å². The maximum absolute atomic E-state index is 12.6. The Bertz CT molecular complexity index is 898. The van der Waals surface area contributed by atoms with Crippen LogP contribution in [-0.2, 0) is 9.59 Å². The van der Waals surface area contributed by atoms with Crippen LogP contribution in [0, 0.1) is 0 Å². The molecule has 28 heavy (non-hydrogen) atoms. The number of hydrogen-bond acceptors (Lipinski definition) is 4. The summed E-state index contributed by atoms with van der Waals surface area (Å²) in [6, 6.07) is 15.4. The number of nitrogens with zero attached hydrogens (tertiary/aromatic N) is 1. The smallest absolute Gasteiger partial charge is 0.251 e. The van der Waals surface area contributed by atoms with E-state index in [9.17, 15) is 19.5 Å². The summed E-state index contributed by atoms with van der Waals surface area (Å²) < 4.78 is 0. The summed E-state index contributed by atoms with van der Waals surface area (Å²) in [5.74, 6) is -0.838. The van der Waals surface area contributed by atoms with E-state index >= 15 is 0 Å². The Kier molecular flexibility index (Phi) is 4.83. The van der Waals surface area contributed by atoms with Crippen LogP contribution in [0.4, 0.5) is 0 Å². The first kappa shape index (κ1) is 18.2. The molecule has 2 saturated heterocycles. The second-order valence-electron chi connectivity index (χ2n) is 7.10. The Labute approximate surface area is 162 Å². The molecule has 144 valence electrons. The molecule has 2 aromatic rings. The molecular weight excluding hydrogens is 358 g/mol. The lowest BCUT2D eigenvalue weighted by Gasteiger charge is -2.33. The molecular formula is C21H21N3O4. The molecule has 2 aliphatic rings. The normalized spacial score (nSPS) is 23.9. The number of carbonyl (C=O) groups excluding carboxylic acids is 3. The summed E-state index contributed by atoms with van der Waals surface area (Å²) in [5.41, 5.74) is 2.62. The van der Waals surface area contributed by atoms with Gasteiger partial charge in [0.2, 0.25) is 11.8 Å². The summed E-state index contributed by atoms with van der Waals surface area (Å²) in [6.07, 6.45) is 0.365. The lowest BCUT2D eigenvalue weighted by Crippen LogP contribution is -2.62. The van der Waals surface area contributed by atoms with E-state index in [0.29, 0.717) is 12.0 Å². The average Bonchev–Trinajstić information content (AvgIpc) is 3.16. The van der Waals surface area contributed by atoms with Crippen molar-refractivity contribution >= 4 is 17.7 Å². The lowest BCUT2D eigenvalue weighted by molar-refractivity contribution is -0.148. The first-order valence-electron chi connectivity index (χ1n) is 9.25. The highest BCUT2D eigenvalue weighted by atomic mass is 16.3. The topological polar surface area (TPSA) is 98.7 Å². The second-order valence-corrected chi connectivity index (χ2v) is 7.10. The van der Waals surface area contributed by atoms with Gasteiger partial charge >= 0.3 is 0 Å². The zero-order valence-electron chi connectivity index (χ0n) is 15.2. The molecule has 3 N–H and O–H groups in total. The van der Waals surface area contributed by atoms with Crippen LogP contribution in [0.1, 0.15) is 16.8 Å². The molecule has 0 bridgehead atoms. The van der Waals surface area contributed by atoms with Gasteiger partial charge in [0, 0.05) is 18.2 Å². The van der Waals surface area contributed by atoms with Crippen molar-refractivity contribution in [3.63, 3.8) is 0 Å². The first-order chi connectivity index (χ1) is 13.6. The Morgan fingerprint density at radius 2 is 1.75 bits per heavy atom. The largest absolute Gasteiger partial charge is 0.394 e. The second kappa shape index (κ2) is 7.44. The van der Waals surface area contributed by atoms with E-state index in [1.807, 2.05) is 42.5 Å². The van der Waals surface area contributed by atoms with Crippen LogP contribution in [0.2, 0.25) is 0 Å². The predicted octanol–water partition coefficient (Wildman–Crippen LogP) is 0.544. The highest BCUT2D eigenvalue weighted by Crippen LogP contribution is 2.23. The van der Waals surface area contributed by atoms with E-state index in [4.69, 9.17) is 0 Å². The molecule has 0 unspecified atom stereocenters. The van der Waals surface area contributed by atoms with E-state index in [2.05, 4.69) is 10.6 Å². The van der Waals surface area contributed by atoms with Crippen LogP contribution in [0.15, 0.2) is 54.6 Å². The maximum Gasteiger partial charge on any atom is 0.251 e. The van der Waals surface area contributed by atoms with Gasteiger partial charge in [0.25, 0.3) is 5.91 Å². The van der Waals surface area contributed by atoms with Crippen molar-refractivity contribution in [2.24, 2.45) is 0 Å². The molecule has 7 heteroatoms. The zero-order valence-corrected chi connectivity index (χ0v) is 15.2. The van der Waals surface area contributed by atoms with E-state index in [1.165, 1.54) is 4.90 Å². The van der Waals surface area contributed by atoms with Gasteiger partial charge in [-0.3, -0.25) is 14.4 Å². The van der Waals surface area contributed by atoms with E-state index in [1.54, 1.807) is 12.1 Å². The third-order valence-corrected chi connectivity index (χ3v) is 5.27. The third kappa shape index (κ3) is 3.36. The van der Waals surface area contributed by atoms with Gasteiger partial charge in [-0.25, -0.2) is 0 Å². The molecule has 0 aliphatic carbocycles. The number of piperazine rings is 1. The van der Waals surface area contributed by atoms with Crippen LogP contribution >= 0.6 is 0 Å². The Morgan fingerprint density at radius 1 is 1.07 bits per heavy atom. The summed E-state index contributed by atoms with van der Waals surface area (Å²) in [6.45, 7) is -0.167. The standard InChI is InChI=1S/C21H21N3O4/c25-12-17-21(28)24-11-16(10-18(24)20(27)23-17)22-19(26)15-8-6-14(7-9-15)13-4-2-1-3-5-13/h1-9,16-18,25H,10-12H2,(H,22,26)(H,23,27)/t16-,17-,18-/m0/s1. The number of aliphatic hydroxyl groups excluding tert-OH is 1. The van der Waals surface area contributed by atoms with Crippen molar-refractivity contribution in [1.29, 1.82) is 0 Å². The van der Waals surface area contributed by atoms with Crippen molar-refractivity contribution < 1.29 is 19.5 Å². The molecule has 2 heterocycles. The summed E-state index contributed by atoms with van der Waals surface area (Å²) in [4.78, 5) is 38.5. The van der Waals surface area contributed by atoms with Crippen LogP contribution in [-0.4, -0.2) is 59.0 Å². The fourth-order valence-electron chi connectivity index (χ4n) is 3.80. The molecule has 3 amide bonds. The van der Waals surface area contributed by atoms with Crippen LogP contribution in [0.5, 0.6) is 0 Å². The van der Waals surface area contributed by atoms with Crippen molar-refractivity contribution in [3.05, 3.63) is 60.2 Å². The number of rotatable bonds is 4. The first-order valence-corrected chi connectivity index (χ1v) is 9.25. The number of amides is 3. The molecule has 2 aliphatic heterocycles. The summed E-state index contributed by atoms with van der Waals surface area (Å²) in [7, 11) is 0. The Balaban J connectivity index is 1.42. The molecule has 0 spiro atoms. The van der Waals surface area contributed by atoms with Gasteiger partial charge in [0.1, 0.15) is 12.1 Å². The van der Waals surface area contributed by atoms with Crippen LogP contribution in [0.25, 0.3) is 11.1 Å². The van der Waals surface area contributed by atoms with Gasteiger partial charge in [-0.05, 0) is 29.7 Å². The number of aliphatic hydroxyl groups is 1. The van der Waals surface area contributed by atoms with Crippen LogP contribution in [0.3, 0.4) is 0 Å². The molecule has 0 radical (unpaired) electrons. The number of nitrogens with one attached hydrogen (secondary N) is 2. The van der Waals surface area contributed by atoms with E-state index in [-0.39, 0.29) is 30.3 Å². The van der Waals surface area contributed by atoms with Crippen molar-refractivity contribution in [3.8, 4) is 11.1 Å². The van der Waals surface area contributed by atoms with Crippen molar-refractivity contribution in [2.45, 2.75) is 24.5 Å². The minimum absolute atomic E-state index is 0.240. The highest BCUT2D eigenvalue weighted by Gasteiger charge is 2.46. The molecule has 4 rings (SSSR count). The molecule has 2 fully saturated rings. The van der Waals surface area contributed by atoms with Gasteiger partial charge < -0.3 is 20.6 Å². The molecule has 3 atom stereocenters.